The van der Waals surface area contributed by atoms with Crippen LogP contribution in [0.2, 0.25) is 0 Å². The molecule has 0 aliphatic carbocycles. The number of aliphatic carboxylic acids is 1. The number of ether oxygens (including phenoxy) is 1. The molecule has 0 aliphatic rings. The molecule has 0 aliphatic heterocycles. The van der Waals surface area contributed by atoms with Crippen molar-refractivity contribution in [2.45, 2.75) is 6.54 Å². The van der Waals surface area contributed by atoms with Crippen LogP contribution in [0, 0.1) is 0 Å². The second-order valence-electron chi connectivity index (χ2n) is 2.25. The third-order valence-electron chi connectivity index (χ3n) is 1.28. The second-order valence-corrected chi connectivity index (χ2v) is 2.25. The van der Waals surface area contributed by atoms with Gasteiger partial charge in [-0.1, -0.05) is 0 Å². The highest BCUT2D eigenvalue weighted by Gasteiger charge is 1.95. The number of imidazole rings is 1. The number of carboxylic acid groups (broad SMARTS) is 1. The maximum absolute atomic E-state index is 10.0. The average molecular weight is 207 g/mol. The minimum absolute atomic E-state index is 0. The maximum Gasteiger partial charge on any atom is 0.329 e. The average Bonchev–Trinajstić information content (AvgIpc) is 2.49. The molecule has 0 spiro atoms. The standard InChI is InChI=1S/C7H10N2O3.ClH/c10-7(11)5-12-4-3-9-2-1-8-6-9;/h1-2,6H,3-5H2,(H,10,11);1H. The third kappa shape index (κ3) is 5.21. The van der Waals surface area contributed by atoms with E-state index < -0.39 is 5.97 Å². The summed E-state index contributed by atoms with van der Waals surface area (Å²) in [4.78, 5) is 13.8. The van der Waals surface area contributed by atoms with Crippen LogP contribution in [0.1, 0.15) is 0 Å². The Kier molecular flexibility index (Phi) is 5.92. The molecule has 1 aromatic heterocycles. The fourth-order valence-electron chi connectivity index (χ4n) is 0.748. The van der Waals surface area contributed by atoms with Crippen molar-refractivity contribution in [3.8, 4) is 0 Å². The molecule has 0 saturated carbocycles. The van der Waals surface area contributed by atoms with Crippen LogP contribution in [0.15, 0.2) is 18.7 Å². The molecule has 74 valence electrons. The second kappa shape index (κ2) is 6.45. The van der Waals surface area contributed by atoms with E-state index in [2.05, 4.69) is 4.98 Å². The molecule has 13 heavy (non-hydrogen) atoms. The Balaban J connectivity index is 0.00000144. The minimum atomic E-state index is -0.944. The van der Waals surface area contributed by atoms with Crippen LogP contribution in [-0.4, -0.2) is 33.8 Å². The van der Waals surface area contributed by atoms with E-state index in [1.807, 2.05) is 4.57 Å². The van der Waals surface area contributed by atoms with Gasteiger partial charge < -0.3 is 14.4 Å². The summed E-state index contributed by atoms with van der Waals surface area (Å²) in [5.74, 6) is -0.944. The highest BCUT2D eigenvalue weighted by atomic mass is 35.5. The van der Waals surface area contributed by atoms with Crippen LogP contribution < -0.4 is 0 Å². The summed E-state index contributed by atoms with van der Waals surface area (Å²) >= 11 is 0. The van der Waals surface area contributed by atoms with Gasteiger partial charge in [-0.05, 0) is 0 Å². The number of carboxylic acids is 1. The van der Waals surface area contributed by atoms with Crippen molar-refractivity contribution in [1.82, 2.24) is 9.55 Å². The third-order valence-corrected chi connectivity index (χ3v) is 1.28. The summed E-state index contributed by atoms with van der Waals surface area (Å²) in [5.41, 5.74) is 0. The topological polar surface area (TPSA) is 64.3 Å². The zero-order chi connectivity index (χ0) is 8.81. The molecule has 0 bridgehead atoms. The predicted molar refractivity (Wildman–Crippen MR) is 47.9 cm³/mol. The van der Waals surface area contributed by atoms with E-state index in [0.29, 0.717) is 13.2 Å². The highest BCUT2D eigenvalue weighted by molar-refractivity contribution is 5.85. The van der Waals surface area contributed by atoms with E-state index in [9.17, 15) is 4.79 Å². The van der Waals surface area contributed by atoms with E-state index in [0.717, 1.165) is 0 Å². The van der Waals surface area contributed by atoms with Gasteiger partial charge in [-0.25, -0.2) is 9.78 Å². The molecule has 0 fully saturated rings. The monoisotopic (exact) mass is 206 g/mol. The molecular weight excluding hydrogens is 196 g/mol. The molecule has 0 aromatic carbocycles. The lowest BCUT2D eigenvalue weighted by Gasteiger charge is -2.01. The summed E-state index contributed by atoms with van der Waals surface area (Å²) in [6, 6.07) is 0. The molecule has 0 saturated heterocycles. The first-order chi connectivity index (χ1) is 5.79. The molecule has 5 nitrogen and oxygen atoms in total. The summed E-state index contributed by atoms with van der Waals surface area (Å²) in [5, 5.41) is 8.23. The van der Waals surface area contributed by atoms with Crippen LogP contribution in [0.25, 0.3) is 0 Å². The molecule has 0 radical (unpaired) electrons. The number of rotatable bonds is 5. The Morgan fingerprint density at radius 2 is 2.38 bits per heavy atom. The van der Waals surface area contributed by atoms with Crippen LogP contribution in [-0.2, 0) is 16.1 Å². The van der Waals surface area contributed by atoms with Crippen molar-refractivity contribution in [1.29, 1.82) is 0 Å². The molecule has 0 unspecified atom stereocenters. The van der Waals surface area contributed by atoms with E-state index >= 15 is 0 Å². The van der Waals surface area contributed by atoms with E-state index in [1.165, 1.54) is 0 Å². The van der Waals surface area contributed by atoms with Crippen molar-refractivity contribution in [2.75, 3.05) is 13.2 Å². The van der Waals surface area contributed by atoms with Gasteiger partial charge in [0.25, 0.3) is 0 Å². The first kappa shape index (κ1) is 11.9. The lowest BCUT2D eigenvalue weighted by molar-refractivity contribution is -0.142. The van der Waals surface area contributed by atoms with Gasteiger partial charge in [0.05, 0.1) is 12.9 Å². The van der Waals surface area contributed by atoms with Gasteiger partial charge in [0, 0.05) is 18.9 Å². The number of halogens is 1. The summed E-state index contributed by atoms with van der Waals surface area (Å²) in [7, 11) is 0. The number of nitrogens with zero attached hydrogens (tertiary/aromatic N) is 2. The molecule has 0 atom stereocenters. The molecule has 1 N–H and O–H groups in total. The molecule has 1 rings (SSSR count). The molecule has 1 heterocycles. The number of hydrogen-bond donors (Lipinski definition) is 1. The first-order valence-electron chi connectivity index (χ1n) is 3.54. The van der Waals surface area contributed by atoms with Crippen molar-refractivity contribution in [3.63, 3.8) is 0 Å². The minimum Gasteiger partial charge on any atom is -0.480 e. The SMILES string of the molecule is Cl.O=C(O)COCCn1ccnc1. The summed E-state index contributed by atoms with van der Waals surface area (Å²) in [6.45, 7) is 0.782. The summed E-state index contributed by atoms with van der Waals surface area (Å²) < 4.78 is 6.64. The van der Waals surface area contributed by atoms with Gasteiger partial charge in [-0.15, -0.1) is 12.4 Å². The zero-order valence-corrected chi connectivity index (χ0v) is 7.74. The highest BCUT2D eigenvalue weighted by Crippen LogP contribution is 1.86. The van der Waals surface area contributed by atoms with Crippen molar-refractivity contribution in [3.05, 3.63) is 18.7 Å². The Morgan fingerprint density at radius 1 is 1.62 bits per heavy atom. The Bertz CT molecular complexity index is 238. The molecule has 0 amide bonds. The maximum atomic E-state index is 10.0. The van der Waals surface area contributed by atoms with Crippen LogP contribution >= 0.6 is 12.4 Å². The number of aromatic nitrogens is 2. The van der Waals surface area contributed by atoms with Gasteiger partial charge in [0.1, 0.15) is 6.61 Å². The van der Waals surface area contributed by atoms with Crippen molar-refractivity contribution in [2.24, 2.45) is 0 Å². The van der Waals surface area contributed by atoms with Gasteiger partial charge in [-0.2, -0.15) is 0 Å². The predicted octanol–water partition coefficient (Wildman–Crippen LogP) is 0.406. The first-order valence-corrected chi connectivity index (χ1v) is 3.54. The largest absolute Gasteiger partial charge is 0.480 e. The Labute approximate surface area is 81.8 Å². The smallest absolute Gasteiger partial charge is 0.329 e. The fraction of sp³-hybridized carbons (Fsp3) is 0.429. The molecular formula is C7H11ClN2O3. The van der Waals surface area contributed by atoms with Crippen molar-refractivity contribution < 1.29 is 14.6 Å². The lowest BCUT2D eigenvalue weighted by Crippen LogP contribution is -2.11. The van der Waals surface area contributed by atoms with Crippen LogP contribution in [0.3, 0.4) is 0 Å². The summed E-state index contributed by atoms with van der Waals surface area (Å²) in [6.07, 6.45) is 5.12. The normalized spacial score (nSPS) is 9.23. The fourth-order valence-corrected chi connectivity index (χ4v) is 0.748. The zero-order valence-electron chi connectivity index (χ0n) is 6.92. The lowest BCUT2D eigenvalue weighted by atomic mass is 10.6. The van der Waals surface area contributed by atoms with Gasteiger partial charge >= 0.3 is 5.97 Å². The molecule has 1 aromatic rings. The van der Waals surface area contributed by atoms with Gasteiger partial charge in [0.15, 0.2) is 0 Å². The van der Waals surface area contributed by atoms with Gasteiger partial charge in [-0.3, -0.25) is 0 Å². The van der Waals surface area contributed by atoms with E-state index in [1.54, 1.807) is 18.7 Å². The van der Waals surface area contributed by atoms with E-state index in [4.69, 9.17) is 9.84 Å². The Morgan fingerprint density at radius 3 is 2.92 bits per heavy atom. The number of carbonyl (C=O) groups is 1. The van der Waals surface area contributed by atoms with Gasteiger partial charge in [0.2, 0.25) is 0 Å². The van der Waals surface area contributed by atoms with Crippen LogP contribution in [0.4, 0.5) is 0 Å². The Hall–Kier alpha value is -1.07. The van der Waals surface area contributed by atoms with E-state index in [-0.39, 0.29) is 19.0 Å². The quantitative estimate of drug-likeness (QED) is 0.709. The van der Waals surface area contributed by atoms with Crippen LogP contribution in [0.5, 0.6) is 0 Å². The molecule has 6 heteroatoms. The number of hydrogen-bond acceptors (Lipinski definition) is 3. The van der Waals surface area contributed by atoms with Crippen molar-refractivity contribution >= 4 is 18.4 Å².